The van der Waals surface area contributed by atoms with E-state index in [1.807, 2.05) is 0 Å². The number of nitrogens with zero attached hydrogens (tertiary/aromatic N) is 1. The van der Waals surface area contributed by atoms with Gasteiger partial charge in [0.05, 0.1) is 30.8 Å². The van der Waals surface area contributed by atoms with Crippen LogP contribution in [0.1, 0.15) is 17.3 Å². The zero-order chi connectivity index (χ0) is 14.5. The second-order valence-corrected chi connectivity index (χ2v) is 4.49. The Bertz CT molecular complexity index is 511. The molecule has 0 aromatic heterocycles. The van der Waals surface area contributed by atoms with E-state index in [1.54, 1.807) is 12.1 Å². The lowest BCUT2D eigenvalue weighted by Gasteiger charge is -2.23. The van der Waals surface area contributed by atoms with Gasteiger partial charge in [0.2, 0.25) is 0 Å². The van der Waals surface area contributed by atoms with Crippen LogP contribution in [-0.4, -0.2) is 43.2 Å². The fourth-order valence-corrected chi connectivity index (χ4v) is 1.93. The van der Waals surface area contributed by atoms with Crippen LogP contribution in [0.5, 0.6) is 0 Å². The summed E-state index contributed by atoms with van der Waals surface area (Å²) in [7, 11) is 0. The van der Waals surface area contributed by atoms with Crippen molar-refractivity contribution in [1.82, 2.24) is 0 Å². The number of carbonyl (C=O) groups is 1. The van der Waals surface area contributed by atoms with Crippen molar-refractivity contribution in [2.45, 2.75) is 13.0 Å². The van der Waals surface area contributed by atoms with E-state index in [1.165, 1.54) is 13.0 Å². The first kappa shape index (κ1) is 14.4. The number of ether oxygens (including phenoxy) is 2. The second kappa shape index (κ2) is 6.44. The van der Waals surface area contributed by atoms with Crippen LogP contribution in [0.3, 0.4) is 0 Å². The Morgan fingerprint density at radius 3 is 2.90 bits per heavy atom. The number of nitro groups is 1. The number of Topliss-reactive ketones (excluding diaryl/α,β-unsaturated/α-hetero) is 1. The molecule has 1 heterocycles. The van der Waals surface area contributed by atoms with Crippen molar-refractivity contribution in [3.8, 4) is 0 Å². The molecule has 0 unspecified atom stereocenters. The van der Waals surface area contributed by atoms with E-state index in [2.05, 4.69) is 5.32 Å². The zero-order valence-electron chi connectivity index (χ0n) is 11.1. The van der Waals surface area contributed by atoms with E-state index in [0.717, 1.165) is 0 Å². The highest BCUT2D eigenvalue weighted by Gasteiger charge is 2.19. The van der Waals surface area contributed by atoms with E-state index in [9.17, 15) is 14.9 Å². The average Bonchev–Trinajstić information content (AvgIpc) is 2.45. The lowest BCUT2D eigenvalue weighted by molar-refractivity contribution is -0.384. The van der Waals surface area contributed by atoms with Crippen LogP contribution in [0, 0.1) is 10.1 Å². The maximum atomic E-state index is 11.3. The van der Waals surface area contributed by atoms with Crippen molar-refractivity contribution in [1.29, 1.82) is 0 Å². The standard InChI is InChI=1S/C13H16N2O5/c1-9(16)10-2-3-12(13(6-10)15(17)18)14-7-11-8-19-4-5-20-11/h2-3,6,11,14H,4-5,7-8H2,1H3/t11-/m0/s1. The Balaban J connectivity index is 2.09. The van der Waals surface area contributed by atoms with Gasteiger partial charge in [0.25, 0.3) is 5.69 Å². The van der Waals surface area contributed by atoms with Gasteiger partial charge >= 0.3 is 0 Å². The monoisotopic (exact) mass is 280 g/mol. The first-order chi connectivity index (χ1) is 9.58. The number of ketones is 1. The number of rotatable bonds is 5. The molecule has 1 atom stereocenters. The number of nitro benzene ring substituents is 1. The van der Waals surface area contributed by atoms with E-state index >= 15 is 0 Å². The minimum atomic E-state index is -0.507. The maximum Gasteiger partial charge on any atom is 0.293 e. The molecular formula is C13H16N2O5. The Morgan fingerprint density at radius 2 is 2.30 bits per heavy atom. The fraction of sp³-hybridized carbons (Fsp3) is 0.462. The Morgan fingerprint density at radius 1 is 1.50 bits per heavy atom. The largest absolute Gasteiger partial charge is 0.377 e. The van der Waals surface area contributed by atoms with E-state index in [0.29, 0.717) is 37.6 Å². The third kappa shape index (κ3) is 3.52. The number of hydrogen-bond acceptors (Lipinski definition) is 6. The molecule has 1 fully saturated rings. The summed E-state index contributed by atoms with van der Waals surface area (Å²) in [6, 6.07) is 4.39. The van der Waals surface area contributed by atoms with Gasteiger partial charge in [-0.25, -0.2) is 0 Å². The van der Waals surface area contributed by atoms with Gasteiger partial charge in [-0.15, -0.1) is 0 Å². The molecular weight excluding hydrogens is 264 g/mol. The minimum Gasteiger partial charge on any atom is -0.377 e. The predicted molar refractivity (Wildman–Crippen MR) is 72.1 cm³/mol. The van der Waals surface area contributed by atoms with Crippen molar-refractivity contribution >= 4 is 17.2 Å². The number of benzene rings is 1. The molecule has 20 heavy (non-hydrogen) atoms. The van der Waals surface area contributed by atoms with Crippen molar-refractivity contribution < 1.29 is 19.2 Å². The first-order valence-electron chi connectivity index (χ1n) is 6.30. The SMILES string of the molecule is CC(=O)c1ccc(NC[C@H]2COCCO2)c([N+](=O)[O-])c1. The summed E-state index contributed by atoms with van der Waals surface area (Å²) in [4.78, 5) is 21.8. The highest BCUT2D eigenvalue weighted by molar-refractivity contribution is 5.95. The molecule has 1 N–H and O–H groups in total. The maximum absolute atomic E-state index is 11.3. The van der Waals surface area contributed by atoms with Crippen molar-refractivity contribution in [2.24, 2.45) is 0 Å². The molecule has 1 aliphatic heterocycles. The number of hydrogen-bond donors (Lipinski definition) is 1. The Hall–Kier alpha value is -1.99. The highest BCUT2D eigenvalue weighted by Crippen LogP contribution is 2.26. The van der Waals surface area contributed by atoms with Crippen molar-refractivity contribution in [3.05, 3.63) is 33.9 Å². The molecule has 1 aromatic rings. The topological polar surface area (TPSA) is 90.7 Å². The van der Waals surface area contributed by atoms with E-state index in [4.69, 9.17) is 9.47 Å². The van der Waals surface area contributed by atoms with Crippen LogP contribution in [0.2, 0.25) is 0 Å². The third-order valence-corrected chi connectivity index (χ3v) is 3.01. The molecule has 0 radical (unpaired) electrons. The molecule has 7 heteroatoms. The van der Waals surface area contributed by atoms with Gasteiger partial charge in [0.15, 0.2) is 5.78 Å². The molecule has 0 saturated carbocycles. The molecule has 7 nitrogen and oxygen atoms in total. The van der Waals surface area contributed by atoms with Crippen LogP contribution in [0.4, 0.5) is 11.4 Å². The first-order valence-corrected chi connectivity index (χ1v) is 6.30. The van der Waals surface area contributed by atoms with E-state index < -0.39 is 4.92 Å². The summed E-state index contributed by atoms with van der Waals surface area (Å²) in [5.74, 6) is -0.205. The van der Waals surface area contributed by atoms with Crippen LogP contribution >= 0.6 is 0 Å². The molecule has 2 rings (SSSR count). The lowest BCUT2D eigenvalue weighted by Crippen LogP contribution is -2.34. The van der Waals surface area contributed by atoms with Gasteiger partial charge in [-0.1, -0.05) is 0 Å². The Kier molecular flexibility index (Phi) is 4.65. The summed E-state index contributed by atoms with van der Waals surface area (Å²) in [5, 5.41) is 14.0. The van der Waals surface area contributed by atoms with Crippen molar-refractivity contribution in [2.75, 3.05) is 31.7 Å². The summed E-state index contributed by atoms with van der Waals surface area (Å²) in [6.07, 6.45) is -0.129. The van der Waals surface area contributed by atoms with Crippen molar-refractivity contribution in [3.63, 3.8) is 0 Å². The van der Waals surface area contributed by atoms with Crippen LogP contribution < -0.4 is 5.32 Å². The smallest absolute Gasteiger partial charge is 0.293 e. The van der Waals surface area contributed by atoms with Crippen LogP contribution in [0.25, 0.3) is 0 Å². The van der Waals surface area contributed by atoms with Gasteiger partial charge in [-0.2, -0.15) is 0 Å². The zero-order valence-corrected chi connectivity index (χ0v) is 11.1. The quantitative estimate of drug-likeness (QED) is 0.500. The summed E-state index contributed by atoms with van der Waals surface area (Å²) in [5.41, 5.74) is 0.572. The molecule has 108 valence electrons. The number of carbonyl (C=O) groups excluding carboxylic acids is 1. The molecule has 0 aliphatic carbocycles. The normalized spacial score (nSPS) is 18.6. The Labute approximate surface area is 116 Å². The highest BCUT2D eigenvalue weighted by atomic mass is 16.6. The minimum absolute atomic E-state index is 0.116. The number of nitrogens with one attached hydrogen (secondary N) is 1. The lowest BCUT2D eigenvalue weighted by atomic mass is 10.1. The molecule has 1 saturated heterocycles. The molecule has 0 bridgehead atoms. The number of anilines is 1. The fourth-order valence-electron chi connectivity index (χ4n) is 1.93. The molecule has 1 aliphatic rings. The van der Waals surface area contributed by atoms with Crippen LogP contribution in [-0.2, 0) is 9.47 Å². The van der Waals surface area contributed by atoms with E-state index in [-0.39, 0.29) is 17.6 Å². The summed E-state index contributed by atoms with van der Waals surface area (Å²) < 4.78 is 10.7. The second-order valence-electron chi connectivity index (χ2n) is 4.49. The van der Waals surface area contributed by atoms with Gasteiger partial charge in [-0.05, 0) is 19.1 Å². The summed E-state index contributed by atoms with van der Waals surface area (Å²) >= 11 is 0. The average molecular weight is 280 g/mol. The molecule has 1 aromatic carbocycles. The molecule has 0 spiro atoms. The van der Waals surface area contributed by atoms with Gasteiger partial charge in [0.1, 0.15) is 5.69 Å². The summed E-state index contributed by atoms with van der Waals surface area (Å²) in [6.45, 7) is 3.35. The van der Waals surface area contributed by atoms with Crippen LogP contribution in [0.15, 0.2) is 18.2 Å². The van der Waals surface area contributed by atoms with Gasteiger partial charge in [-0.3, -0.25) is 14.9 Å². The molecule has 0 amide bonds. The predicted octanol–water partition coefficient (Wildman–Crippen LogP) is 1.62. The van der Waals surface area contributed by atoms with Gasteiger partial charge in [0, 0.05) is 18.2 Å². The van der Waals surface area contributed by atoms with Gasteiger partial charge < -0.3 is 14.8 Å². The third-order valence-electron chi connectivity index (χ3n) is 3.01.